The highest BCUT2D eigenvalue weighted by atomic mass is 79.9. The first kappa shape index (κ1) is 18.1. The number of fused-ring (bicyclic) bond motifs is 1. The molecule has 2 aromatic rings. The molecule has 26 heavy (non-hydrogen) atoms. The van der Waals surface area contributed by atoms with E-state index in [4.69, 9.17) is 4.74 Å². The molecule has 10 heteroatoms. The summed E-state index contributed by atoms with van der Waals surface area (Å²) in [5, 5.41) is 2.66. The molecule has 0 bridgehead atoms. The van der Waals surface area contributed by atoms with Crippen LogP contribution in [0.3, 0.4) is 0 Å². The van der Waals surface area contributed by atoms with E-state index in [0.717, 1.165) is 31.6 Å². The third kappa shape index (κ3) is 3.07. The van der Waals surface area contributed by atoms with Gasteiger partial charge in [0, 0.05) is 18.0 Å². The quantitative estimate of drug-likeness (QED) is 0.805. The molecule has 1 aliphatic carbocycles. The van der Waals surface area contributed by atoms with E-state index in [1.54, 1.807) is 0 Å². The highest BCUT2D eigenvalue weighted by Gasteiger charge is 2.35. The Morgan fingerprint density at radius 1 is 1.19 bits per heavy atom. The van der Waals surface area contributed by atoms with Gasteiger partial charge in [-0.05, 0) is 28.1 Å². The molecule has 1 aromatic heterocycles. The van der Waals surface area contributed by atoms with Crippen molar-refractivity contribution in [2.45, 2.75) is 6.18 Å². The molecule has 6 nitrogen and oxygen atoms in total. The van der Waals surface area contributed by atoms with Crippen LogP contribution in [0.25, 0.3) is 0 Å². The SMILES string of the molecule is COc1cc(NC2=C(Br)C(=O)c3ncncc3C2=O)ccc1C(F)(F)F. The molecular weight excluding hydrogens is 419 g/mol. The number of Topliss-reactive ketones (excluding diaryl/α,β-unsaturated/α-hetero) is 2. The van der Waals surface area contributed by atoms with Crippen LogP contribution >= 0.6 is 15.9 Å². The number of allylic oxidation sites excluding steroid dienone is 2. The Balaban J connectivity index is 2.00. The molecule has 0 aliphatic heterocycles. The maximum absolute atomic E-state index is 12.9. The van der Waals surface area contributed by atoms with Gasteiger partial charge in [-0.25, -0.2) is 9.97 Å². The Bertz CT molecular complexity index is 957. The second kappa shape index (κ2) is 6.52. The predicted octanol–water partition coefficient (Wildman–Crippen LogP) is 3.60. The number of aromatic nitrogens is 2. The summed E-state index contributed by atoms with van der Waals surface area (Å²) in [5.74, 6) is -1.52. The van der Waals surface area contributed by atoms with Gasteiger partial charge in [0.15, 0.2) is 0 Å². The van der Waals surface area contributed by atoms with E-state index >= 15 is 0 Å². The number of nitrogens with zero attached hydrogens (tertiary/aromatic N) is 2. The smallest absolute Gasteiger partial charge is 0.419 e. The number of hydrogen-bond acceptors (Lipinski definition) is 6. The van der Waals surface area contributed by atoms with Crippen molar-refractivity contribution in [3.8, 4) is 5.75 Å². The molecule has 0 unspecified atom stereocenters. The molecule has 1 N–H and O–H groups in total. The summed E-state index contributed by atoms with van der Waals surface area (Å²) in [5.41, 5.74) is -0.986. The molecule has 1 heterocycles. The maximum atomic E-state index is 12.9. The number of methoxy groups -OCH3 is 1. The topological polar surface area (TPSA) is 81.2 Å². The second-order valence-corrected chi connectivity index (χ2v) is 5.96. The molecular formula is C16H9BrF3N3O3. The van der Waals surface area contributed by atoms with Crippen molar-refractivity contribution in [1.29, 1.82) is 0 Å². The Morgan fingerprint density at radius 3 is 2.58 bits per heavy atom. The molecule has 0 amide bonds. The van der Waals surface area contributed by atoms with Gasteiger partial charge in [0.05, 0.1) is 22.7 Å². The lowest BCUT2D eigenvalue weighted by Gasteiger charge is -2.19. The Labute approximate surface area is 153 Å². The zero-order valence-corrected chi connectivity index (χ0v) is 14.6. The summed E-state index contributed by atoms with van der Waals surface area (Å²) in [7, 11) is 1.10. The number of alkyl halides is 3. The Hall–Kier alpha value is -2.75. The Kier molecular flexibility index (Phi) is 4.53. The number of nitrogens with one attached hydrogen (secondary N) is 1. The summed E-state index contributed by atoms with van der Waals surface area (Å²) in [4.78, 5) is 32.4. The number of anilines is 1. The van der Waals surface area contributed by atoms with E-state index < -0.39 is 29.1 Å². The third-order valence-electron chi connectivity index (χ3n) is 3.59. The number of carbonyl (C=O) groups excluding carboxylic acids is 2. The summed E-state index contributed by atoms with van der Waals surface area (Å²) in [6.45, 7) is 0. The Morgan fingerprint density at radius 2 is 1.92 bits per heavy atom. The number of halogens is 4. The lowest BCUT2D eigenvalue weighted by molar-refractivity contribution is -0.138. The lowest BCUT2D eigenvalue weighted by atomic mass is 9.98. The zero-order valence-electron chi connectivity index (χ0n) is 13.0. The van der Waals surface area contributed by atoms with E-state index in [0.29, 0.717) is 0 Å². The summed E-state index contributed by atoms with van der Waals surface area (Å²) < 4.78 is 43.5. The van der Waals surface area contributed by atoms with Gasteiger partial charge >= 0.3 is 6.18 Å². The molecule has 0 spiro atoms. The van der Waals surface area contributed by atoms with E-state index in [2.05, 4.69) is 31.2 Å². The molecule has 0 radical (unpaired) electrons. The van der Waals surface area contributed by atoms with Crippen molar-refractivity contribution >= 4 is 33.2 Å². The van der Waals surface area contributed by atoms with Crippen molar-refractivity contribution in [3.63, 3.8) is 0 Å². The van der Waals surface area contributed by atoms with Gasteiger partial charge < -0.3 is 10.1 Å². The first-order valence-electron chi connectivity index (χ1n) is 7.05. The van der Waals surface area contributed by atoms with Gasteiger partial charge in [0.1, 0.15) is 23.5 Å². The van der Waals surface area contributed by atoms with Crippen LogP contribution in [0.5, 0.6) is 5.75 Å². The van der Waals surface area contributed by atoms with Crippen molar-refractivity contribution < 1.29 is 27.5 Å². The number of benzene rings is 1. The zero-order chi connectivity index (χ0) is 19.1. The van der Waals surface area contributed by atoms with Crippen LogP contribution in [-0.2, 0) is 6.18 Å². The first-order chi connectivity index (χ1) is 12.2. The van der Waals surface area contributed by atoms with Crippen LogP contribution in [0.4, 0.5) is 18.9 Å². The first-order valence-corrected chi connectivity index (χ1v) is 7.84. The molecule has 0 saturated heterocycles. The van der Waals surface area contributed by atoms with Gasteiger partial charge in [-0.15, -0.1) is 0 Å². The number of carbonyl (C=O) groups is 2. The van der Waals surface area contributed by atoms with Gasteiger partial charge in [-0.1, -0.05) is 0 Å². The molecule has 0 fully saturated rings. The highest BCUT2D eigenvalue weighted by molar-refractivity contribution is 9.12. The largest absolute Gasteiger partial charge is 0.496 e. The van der Waals surface area contributed by atoms with Crippen LogP contribution in [-0.4, -0.2) is 28.6 Å². The van der Waals surface area contributed by atoms with Crippen molar-refractivity contribution in [1.82, 2.24) is 9.97 Å². The average molecular weight is 428 g/mol. The van der Waals surface area contributed by atoms with Crippen molar-refractivity contribution in [3.05, 3.63) is 57.7 Å². The number of hydrogen-bond donors (Lipinski definition) is 1. The molecule has 0 atom stereocenters. The lowest BCUT2D eigenvalue weighted by Crippen LogP contribution is -2.25. The summed E-state index contributed by atoms with van der Waals surface area (Å²) >= 11 is 3.04. The minimum Gasteiger partial charge on any atom is -0.496 e. The maximum Gasteiger partial charge on any atom is 0.419 e. The van der Waals surface area contributed by atoms with E-state index in [-0.39, 0.29) is 27.1 Å². The van der Waals surface area contributed by atoms with Gasteiger partial charge in [-0.3, -0.25) is 9.59 Å². The van der Waals surface area contributed by atoms with E-state index in [9.17, 15) is 22.8 Å². The molecule has 1 aliphatic rings. The van der Waals surface area contributed by atoms with Gasteiger partial charge in [0.25, 0.3) is 0 Å². The fraction of sp³-hybridized carbons (Fsp3) is 0.125. The van der Waals surface area contributed by atoms with Gasteiger partial charge in [0.2, 0.25) is 11.6 Å². The predicted molar refractivity (Wildman–Crippen MR) is 88.3 cm³/mol. The minimum absolute atomic E-state index is 0.00192. The minimum atomic E-state index is -4.59. The molecule has 1 aromatic carbocycles. The van der Waals surface area contributed by atoms with Crippen LogP contribution in [0.15, 0.2) is 40.9 Å². The van der Waals surface area contributed by atoms with Crippen LogP contribution < -0.4 is 10.1 Å². The average Bonchev–Trinajstić information content (AvgIpc) is 2.62. The number of rotatable bonds is 3. The summed E-state index contributed by atoms with van der Waals surface area (Å²) in [6.07, 6.45) is -2.24. The van der Waals surface area contributed by atoms with Crippen molar-refractivity contribution in [2.24, 2.45) is 0 Å². The van der Waals surface area contributed by atoms with Crippen LogP contribution in [0, 0.1) is 0 Å². The van der Waals surface area contributed by atoms with Gasteiger partial charge in [-0.2, -0.15) is 13.2 Å². The summed E-state index contributed by atoms with van der Waals surface area (Å²) in [6, 6.07) is 3.04. The molecule has 0 saturated carbocycles. The fourth-order valence-electron chi connectivity index (χ4n) is 2.39. The highest BCUT2D eigenvalue weighted by Crippen LogP contribution is 2.38. The normalized spacial score (nSPS) is 14.3. The monoisotopic (exact) mass is 427 g/mol. The number of ether oxygens (including phenoxy) is 1. The third-order valence-corrected chi connectivity index (χ3v) is 4.35. The van der Waals surface area contributed by atoms with Crippen LogP contribution in [0.2, 0.25) is 0 Å². The van der Waals surface area contributed by atoms with Crippen molar-refractivity contribution in [2.75, 3.05) is 12.4 Å². The second-order valence-electron chi connectivity index (χ2n) is 5.17. The van der Waals surface area contributed by atoms with E-state index in [1.165, 1.54) is 6.20 Å². The fourth-order valence-corrected chi connectivity index (χ4v) is 2.85. The van der Waals surface area contributed by atoms with Crippen LogP contribution in [0.1, 0.15) is 26.4 Å². The number of ketones is 2. The standard InChI is InChI=1S/C16H9BrF3N3O3/c1-26-10-4-7(2-3-9(10)16(18,19)20)23-13-11(17)15(25)12-8(14(13)24)5-21-6-22-12/h2-6,23H,1H3. The molecule has 134 valence electrons. The molecule has 3 rings (SSSR count). The van der Waals surface area contributed by atoms with E-state index in [1.807, 2.05) is 0 Å².